The highest BCUT2D eigenvalue weighted by Crippen LogP contribution is 2.33. The third kappa shape index (κ3) is 0.898. The van der Waals surface area contributed by atoms with Gasteiger partial charge in [-0.2, -0.15) is 5.10 Å². The zero-order chi connectivity index (χ0) is 9.54. The molecule has 0 aliphatic heterocycles. The molecule has 0 radical (unpaired) electrons. The van der Waals surface area contributed by atoms with Crippen molar-refractivity contribution in [2.75, 3.05) is 5.73 Å². The van der Waals surface area contributed by atoms with Crippen LogP contribution < -0.4 is 5.73 Å². The van der Waals surface area contributed by atoms with Crippen molar-refractivity contribution in [2.24, 2.45) is 0 Å². The van der Waals surface area contributed by atoms with Gasteiger partial charge in [0.05, 0.1) is 10.9 Å². The van der Waals surface area contributed by atoms with Gasteiger partial charge in [0.25, 0.3) is 0 Å². The lowest BCUT2D eigenvalue weighted by atomic mass is 10.2. The van der Waals surface area contributed by atoms with Crippen LogP contribution >= 0.6 is 11.3 Å². The molecule has 0 bridgehead atoms. The van der Waals surface area contributed by atoms with Gasteiger partial charge in [0.2, 0.25) is 0 Å². The van der Waals surface area contributed by atoms with E-state index in [0.29, 0.717) is 5.82 Å². The minimum absolute atomic E-state index is 0.561. The zero-order valence-corrected chi connectivity index (χ0v) is 7.95. The number of pyridine rings is 1. The second-order valence-electron chi connectivity index (χ2n) is 2.92. The van der Waals surface area contributed by atoms with Crippen molar-refractivity contribution in [3.8, 4) is 0 Å². The number of anilines is 1. The van der Waals surface area contributed by atoms with Gasteiger partial charge >= 0.3 is 0 Å². The predicted octanol–water partition coefficient (Wildman–Crippen LogP) is 1.82. The van der Waals surface area contributed by atoms with Gasteiger partial charge < -0.3 is 5.73 Å². The highest BCUT2D eigenvalue weighted by molar-refractivity contribution is 7.26. The molecule has 0 saturated heterocycles. The summed E-state index contributed by atoms with van der Waals surface area (Å²) < 4.78 is 0.989. The van der Waals surface area contributed by atoms with E-state index in [1.807, 2.05) is 12.1 Å². The smallest absolute Gasteiger partial charge is 0.147 e. The molecule has 3 aromatic rings. The Morgan fingerprint density at radius 3 is 2.93 bits per heavy atom. The Morgan fingerprint density at radius 1 is 1.14 bits per heavy atom. The van der Waals surface area contributed by atoms with Gasteiger partial charge in [-0.1, -0.05) is 0 Å². The summed E-state index contributed by atoms with van der Waals surface area (Å²) in [5, 5.41) is 10.1. The van der Waals surface area contributed by atoms with Gasteiger partial charge in [0.15, 0.2) is 0 Å². The summed E-state index contributed by atoms with van der Waals surface area (Å²) in [7, 11) is 0. The van der Waals surface area contributed by atoms with E-state index in [2.05, 4.69) is 15.2 Å². The Bertz CT molecular complexity index is 616. The van der Waals surface area contributed by atoms with Crippen LogP contribution in [0.4, 0.5) is 5.82 Å². The average molecular weight is 202 g/mol. The average Bonchev–Trinajstić information content (AvgIpc) is 2.59. The van der Waals surface area contributed by atoms with Gasteiger partial charge in [-0.15, -0.1) is 16.4 Å². The van der Waals surface area contributed by atoms with Gasteiger partial charge in [-0.05, 0) is 12.1 Å². The van der Waals surface area contributed by atoms with Crippen molar-refractivity contribution < 1.29 is 0 Å². The predicted molar refractivity (Wildman–Crippen MR) is 57.1 cm³/mol. The summed E-state index contributed by atoms with van der Waals surface area (Å²) in [4.78, 5) is 4.95. The first kappa shape index (κ1) is 7.64. The fourth-order valence-corrected chi connectivity index (χ4v) is 2.49. The van der Waals surface area contributed by atoms with Crippen LogP contribution in [0.15, 0.2) is 24.5 Å². The summed E-state index contributed by atoms with van der Waals surface area (Å²) in [5.41, 5.74) is 5.77. The summed E-state index contributed by atoms with van der Waals surface area (Å²) in [6, 6.07) is 3.90. The molecule has 0 fully saturated rings. The molecule has 5 heteroatoms. The van der Waals surface area contributed by atoms with Crippen LogP contribution in [0.25, 0.3) is 20.3 Å². The Balaban J connectivity index is 2.63. The fraction of sp³-hybridized carbons (Fsp3) is 0. The van der Waals surface area contributed by atoms with Crippen molar-refractivity contribution in [3.63, 3.8) is 0 Å². The van der Waals surface area contributed by atoms with Gasteiger partial charge in [-0.3, -0.25) is 0 Å². The number of thiophene rings is 1. The van der Waals surface area contributed by atoms with Gasteiger partial charge in [0.1, 0.15) is 10.6 Å². The topological polar surface area (TPSA) is 64.7 Å². The quantitative estimate of drug-likeness (QED) is 0.604. The molecule has 3 aromatic heterocycles. The molecule has 0 saturated carbocycles. The number of nitrogen functional groups attached to an aromatic ring is 1. The molecule has 4 nitrogen and oxygen atoms in total. The minimum Gasteiger partial charge on any atom is -0.383 e. The Labute approximate surface area is 83.4 Å². The Morgan fingerprint density at radius 2 is 2.00 bits per heavy atom. The Hall–Kier alpha value is -1.75. The first-order valence-electron chi connectivity index (χ1n) is 4.10. The molecule has 0 spiro atoms. The van der Waals surface area contributed by atoms with E-state index in [9.17, 15) is 0 Å². The second-order valence-corrected chi connectivity index (χ2v) is 3.92. The molecule has 0 aromatic carbocycles. The van der Waals surface area contributed by atoms with Crippen LogP contribution in [-0.4, -0.2) is 15.2 Å². The van der Waals surface area contributed by atoms with Crippen LogP contribution in [0.2, 0.25) is 0 Å². The number of nitrogens with zero attached hydrogens (tertiary/aromatic N) is 3. The maximum Gasteiger partial charge on any atom is 0.147 e. The van der Waals surface area contributed by atoms with Crippen molar-refractivity contribution in [1.29, 1.82) is 0 Å². The fourth-order valence-electron chi connectivity index (χ4n) is 1.48. The van der Waals surface area contributed by atoms with Crippen molar-refractivity contribution in [1.82, 2.24) is 15.2 Å². The van der Waals surface area contributed by atoms with E-state index in [0.717, 1.165) is 20.3 Å². The largest absolute Gasteiger partial charge is 0.383 e. The Kier molecular flexibility index (Phi) is 1.43. The third-order valence-electron chi connectivity index (χ3n) is 2.11. The number of hydrogen-bond donors (Lipinski definition) is 1. The molecule has 68 valence electrons. The summed E-state index contributed by atoms with van der Waals surface area (Å²) in [6.45, 7) is 0. The van der Waals surface area contributed by atoms with E-state index in [-0.39, 0.29) is 0 Å². The first-order valence-corrected chi connectivity index (χ1v) is 4.92. The monoisotopic (exact) mass is 202 g/mol. The lowest BCUT2D eigenvalue weighted by Crippen LogP contribution is -1.87. The molecular weight excluding hydrogens is 196 g/mol. The van der Waals surface area contributed by atoms with Crippen LogP contribution in [0.5, 0.6) is 0 Å². The maximum atomic E-state index is 5.77. The van der Waals surface area contributed by atoms with E-state index in [1.165, 1.54) is 11.3 Å². The second kappa shape index (κ2) is 2.62. The van der Waals surface area contributed by atoms with Crippen molar-refractivity contribution in [2.45, 2.75) is 0 Å². The highest BCUT2D eigenvalue weighted by Gasteiger charge is 2.07. The van der Waals surface area contributed by atoms with Crippen LogP contribution in [0.3, 0.4) is 0 Å². The lowest BCUT2D eigenvalue weighted by Gasteiger charge is -1.92. The molecule has 0 amide bonds. The number of nitrogens with two attached hydrogens (primary N) is 1. The van der Waals surface area contributed by atoms with E-state index in [1.54, 1.807) is 12.4 Å². The maximum absolute atomic E-state index is 5.77. The SMILES string of the molecule is Nc1nccc2c1sc1nnccc12. The van der Waals surface area contributed by atoms with Crippen LogP contribution in [-0.2, 0) is 0 Å². The number of fused-ring (bicyclic) bond motifs is 3. The molecule has 3 rings (SSSR count). The van der Waals surface area contributed by atoms with E-state index < -0.39 is 0 Å². The zero-order valence-electron chi connectivity index (χ0n) is 7.14. The molecule has 3 heterocycles. The third-order valence-corrected chi connectivity index (χ3v) is 3.24. The molecule has 2 N–H and O–H groups in total. The number of rotatable bonds is 0. The molecule has 14 heavy (non-hydrogen) atoms. The van der Waals surface area contributed by atoms with Gasteiger partial charge in [-0.25, -0.2) is 4.98 Å². The molecule has 0 unspecified atom stereocenters. The van der Waals surface area contributed by atoms with Gasteiger partial charge in [0, 0.05) is 17.0 Å². The standard InChI is InChI=1S/C9H6N4S/c10-8-7-5(1-3-11-8)6-2-4-12-13-9(6)14-7/h1-4H,(H2,10,11). The summed E-state index contributed by atoms with van der Waals surface area (Å²) in [5.74, 6) is 0.561. The molecular formula is C9H6N4S. The summed E-state index contributed by atoms with van der Waals surface area (Å²) in [6.07, 6.45) is 3.40. The van der Waals surface area contributed by atoms with E-state index >= 15 is 0 Å². The highest BCUT2D eigenvalue weighted by atomic mass is 32.1. The van der Waals surface area contributed by atoms with Crippen molar-refractivity contribution >= 4 is 37.5 Å². The van der Waals surface area contributed by atoms with Crippen molar-refractivity contribution in [3.05, 3.63) is 24.5 Å². The molecule has 0 aliphatic carbocycles. The first-order chi connectivity index (χ1) is 6.86. The van der Waals surface area contributed by atoms with Crippen LogP contribution in [0.1, 0.15) is 0 Å². The minimum atomic E-state index is 0.561. The van der Waals surface area contributed by atoms with Crippen LogP contribution in [0, 0.1) is 0 Å². The van der Waals surface area contributed by atoms with E-state index in [4.69, 9.17) is 5.73 Å². The number of aromatic nitrogens is 3. The summed E-state index contributed by atoms with van der Waals surface area (Å²) >= 11 is 1.53. The lowest BCUT2D eigenvalue weighted by molar-refractivity contribution is 1.09. The normalized spacial score (nSPS) is 11.1. The number of hydrogen-bond acceptors (Lipinski definition) is 5. The molecule has 0 atom stereocenters. The molecule has 0 aliphatic rings.